The monoisotopic (exact) mass is 408 g/mol. The number of nitrogens with zero attached hydrogens (tertiary/aromatic N) is 3. The maximum Gasteiger partial charge on any atom is 0.243 e. The van der Waals surface area contributed by atoms with Crippen molar-refractivity contribution in [2.75, 3.05) is 40.8 Å². The Morgan fingerprint density at radius 2 is 1.95 bits per heavy atom. The lowest BCUT2D eigenvalue weighted by Crippen LogP contribution is -2.41. The standard InChI is InChI=1S/C15H28N4O.HI/c1-7-8-9-10-19(6)15(16-11-13(2)3)17-12-14(20)18(4)5;/h7H,1-2,8-12H2,3-6H3,(H,16,17);1H. The fourth-order valence-corrected chi connectivity index (χ4v) is 1.40. The number of hydrogen-bond acceptors (Lipinski definition) is 2. The zero-order valence-electron chi connectivity index (χ0n) is 13.7. The zero-order chi connectivity index (χ0) is 15.5. The van der Waals surface area contributed by atoms with Crippen LogP contribution in [0.1, 0.15) is 19.8 Å². The number of carbonyl (C=O) groups is 1. The molecule has 0 radical (unpaired) electrons. The Morgan fingerprint density at radius 1 is 1.33 bits per heavy atom. The van der Waals surface area contributed by atoms with Gasteiger partial charge in [-0.15, -0.1) is 30.6 Å². The summed E-state index contributed by atoms with van der Waals surface area (Å²) in [6.45, 7) is 11.2. The number of amides is 1. The predicted molar refractivity (Wildman–Crippen MR) is 101 cm³/mol. The molecule has 0 aliphatic rings. The highest BCUT2D eigenvalue weighted by molar-refractivity contribution is 14.0. The van der Waals surface area contributed by atoms with E-state index < -0.39 is 0 Å². The molecule has 1 N–H and O–H groups in total. The molecule has 0 aliphatic heterocycles. The largest absolute Gasteiger partial charge is 0.353 e. The van der Waals surface area contributed by atoms with Gasteiger partial charge in [0, 0.05) is 34.2 Å². The second-order valence-electron chi connectivity index (χ2n) is 5.09. The fourth-order valence-electron chi connectivity index (χ4n) is 1.40. The van der Waals surface area contributed by atoms with E-state index in [1.165, 1.54) is 4.90 Å². The third-order valence-electron chi connectivity index (χ3n) is 2.67. The average Bonchev–Trinajstić information content (AvgIpc) is 2.38. The van der Waals surface area contributed by atoms with E-state index in [1.54, 1.807) is 14.1 Å². The molecule has 5 nitrogen and oxygen atoms in total. The molecule has 0 atom stereocenters. The molecule has 0 saturated heterocycles. The number of unbranched alkanes of at least 4 members (excludes halogenated alkanes) is 1. The first-order valence-electron chi connectivity index (χ1n) is 6.83. The summed E-state index contributed by atoms with van der Waals surface area (Å²) in [6.07, 6.45) is 3.88. The van der Waals surface area contributed by atoms with Crippen molar-refractivity contribution in [3.8, 4) is 0 Å². The summed E-state index contributed by atoms with van der Waals surface area (Å²) >= 11 is 0. The van der Waals surface area contributed by atoms with Crippen LogP contribution in [0, 0.1) is 0 Å². The van der Waals surface area contributed by atoms with E-state index in [9.17, 15) is 4.79 Å². The third-order valence-corrected chi connectivity index (χ3v) is 2.67. The molecular formula is C15H29IN4O. The molecule has 0 aromatic heterocycles. The summed E-state index contributed by atoms with van der Waals surface area (Å²) in [5.74, 6) is 0.714. The van der Waals surface area contributed by atoms with E-state index >= 15 is 0 Å². The number of aliphatic imine (C=N–C) groups is 1. The number of rotatable bonds is 8. The zero-order valence-corrected chi connectivity index (χ0v) is 16.0. The summed E-state index contributed by atoms with van der Waals surface area (Å²) in [7, 11) is 5.42. The lowest BCUT2D eigenvalue weighted by Gasteiger charge is -2.22. The van der Waals surface area contributed by atoms with Gasteiger partial charge in [-0.2, -0.15) is 0 Å². The van der Waals surface area contributed by atoms with Crippen molar-refractivity contribution < 1.29 is 4.79 Å². The van der Waals surface area contributed by atoms with Gasteiger partial charge in [-0.05, 0) is 19.8 Å². The Kier molecular flexibility index (Phi) is 13.4. The molecule has 21 heavy (non-hydrogen) atoms. The molecule has 0 saturated carbocycles. The van der Waals surface area contributed by atoms with Crippen LogP contribution in [-0.4, -0.2) is 62.4 Å². The molecule has 6 heteroatoms. The van der Waals surface area contributed by atoms with Crippen LogP contribution >= 0.6 is 24.0 Å². The number of hydrogen-bond donors (Lipinski definition) is 1. The Labute approximate surface area is 146 Å². The van der Waals surface area contributed by atoms with Crippen LogP contribution in [0.2, 0.25) is 0 Å². The predicted octanol–water partition coefficient (Wildman–Crippen LogP) is 2.11. The minimum atomic E-state index is -0.0147. The van der Waals surface area contributed by atoms with Crippen molar-refractivity contribution in [1.29, 1.82) is 0 Å². The van der Waals surface area contributed by atoms with E-state index in [1.807, 2.05) is 24.9 Å². The average molecular weight is 408 g/mol. The topological polar surface area (TPSA) is 47.9 Å². The number of guanidine groups is 1. The van der Waals surface area contributed by atoms with Gasteiger partial charge in [0.2, 0.25) is 5.91 Å². The first-order valence-corrected chi connectivity index (χ1v) is 6.83. The summed E-state index contributed by atoms with van der Waals surface area (Å²) in [5, 5.41) is 3.22. The van der Waals surface area contributed by atoms with Crippen molar-refractivity contribution in [1.82, 2.24) is 15.1 Å². The number of nitrogens with one attached hydrogen (secondary N) is 1. The SMILES string of the molecule is C=CCCCN(C)C(=NCC(=O)N(C)C)NCC(=C)C.I. The Bertz CT molecular complexity index is 367. The van der Waals surface area contributed by atoms with Crippen molar-refractivity contribution in [2.45, 2.75) is 19.8 Å². The van der Waals surface area contributed by atoms with Crippen LogP contribution in [0.4, 0.5) is 0 Å². The molecule has 0 aromatic rings. The van der Waals surface area contributed by atoms with E-state index in [2.05, 4.69) is 23.5 Å². The van der Waals surface area contributed by atoms with E-state index in [4.69, 9.17) is 0 Å². The fraction of sp³-hybridized carbons (Fsp3) is 0.600. The molecule has 122 valence electrons. The Balaban J connectivity index is 0. The third kappa shape index (κ3) is 11.3. The molecule has 0 aromatic carbocycles. The molecule has 0 aliphatic carbocycles. The van der Waals surface area contributed by atoms with E-state index in [-0.39, 0.29) is 36.4 Å². The number of allylic oxidation sites excluding steroid dienone is 1. The van der Waals surface area contributed by atoms with Crippen LogP contribution < -0.4 is 5.32 Å². The first-order chi connectivity index (χ1) is 9.38. The van der Waals surface area contributed by atoms with Gasteiger partial charge in [-0.3, -0.25) is 4.79 Å². The highest BCUT2D eigenvalue weighted by Gasteiger charge is 2.08. The van der Waals surface area contributed by atoms with Gasteiger partial charge in [0.25, 0.3) is 0 Å². The van der Waals surface area contributed by atoms with Gasteiger partial charge in [0.15, 0.2) is 5.96 Å². The molecule has 0 fully saturated rings. The van der Waals surface area contributed by atoms with Gasteiger partial charge in [0.05, 0.1) is 0 Å². The number of carbonyl (C=O) groups excluding carboxylic acids is 1. The van der Waals surface area contributed by atoms with Gasteiger partial charge in [0.1, 0.15) is 6.54 Å². The maximum atomic E-state index is 11.6. The van der Waals surface area contributed by atoms with Crippen molar-refractivity contribution >= 4 is 35.8 Å². The summed E-state index contributed by atoms with van der Waals surface area (Å²) in [4.78, 5) is 19.5. The van der Waals surface area contributed by atoms with Crippen molar-refractivity contribution in [3.05, 3.63) is 24.8 Å². The molecule has 0 bridgehead atoms. The molecule has 0 rings (SSSR count). The lowest BCUT2D eigenvalue weighted by atomic mass is 10.3. The molecule has 1 amide bonds. The maximum absolute atomic E-state index is 11.6. The highest BCUT2D eigenvalue weighted by Crippen LogP contribution is 1.96. The van der Waals surface area contributed by atoms with Crippen LogP contribution in [0.25, 0.3) is 0 Å². The normalized spacial score (nSPS) is 10.4. The summed E-state index contributed by atoms with van der Waals surface area (Å²) in [5.41, 5.74) is 1.02. The second kappa shape index (κ2) is 12.7. The van der Waals surface area contributed by atoms with Crippen molar-refractivity contribution in [2.24, 2.45) is 4.99 Å². The second-order valence-corrected chi connectivity index (χ2v) is 5.09. The molecule has 0 spiro atoms. The lowest BCUT2D eigenvalue weighted by molar-refractivity contribution is -0.127. The van der Waals surface area contributed by atoms with Gasteiger partial charge < -0.3 is 15.1 Å². The molecule has 0 unspecified atom stereocenters. The van der Waals surface area contributed by atoms with Gasteiger partial charge >= 0.3 is 0 Å². The summed E-state index contributed by atoms with van der Waals surface area (Å²) in [6, 6.07) is 0. The van der Waals surface area contributed by atoms with E-state index in [0.29, 0.717) is 6.54 Å². The van der Waals surface area contributed by atoms with Crippen molar-refractivity contribution in [3.63, 3.8) is 0 Å². The highest BCUT2D eigenvalue weighted by atomic mass is 127. The van der Waals surface area contributed by atoms with Crippen LogP contribution in [0.5, 0.6) is 0 Å². The van der Waals surface area contributed by atoms with Crippen LogP contribution in [0.3, 0.4) is 0 Å². The van der Waals surface area contributed by atoms with Gasteiger partial charge in [-0.25, -0.2) is 4.99 Å². The van der Waals surface area contributed by atoms with Crippen LogP contribution in [-0.2, 0) is 4.79 Å². The number of likely N-dealkylation sites (N-methyl/N-ethyl adjacent to an activating group) is 1. The minimum Gasteiger partial charge on any atom is -0.353 e. The number of halogens is 1. The first kappa shape index (κ1) is 22.2. The van der Waals surface area contributed by atoms with Gasteiger partial charge in [-0.1, -0.05) is 18.2 Å². The Morgan fingerprint density at radius 3 is 2.43 bits per heavy atom. The molecule has 0 heterocycles. The van der Waals surface area contributed by atoms with E-state index in [0.717, 1.165) is 30.9 Å². The Hall–Kier alpha value is -1.05. The summed E-state index contributed by atoms with van der Waals surface area (Å²) < 4.78 is 0. The smallest absolute Gasteiger partial charge is 0.243 e. The van der Waals surface area contributed by atoms with Crippen LogP contribution in [0.15, 0.2) is 29.8 Å². The minimum absolute atomic E-state index is 0. The quantitative estimate of drug-likeness (QED) is 0.220. The molecular weight excluding hydrogens is 379 g/mol.